The molecule has 1 aromatic rings. The Bertz CT molecular complexity index is 499. The molecule has 0 heterocycles. The van der Waals surface area contributed by atoms with E-state index in [1.165, 1.54) is 0 Å². The van der Waals surface area contributed by atoms with Crippen molar-refractivity contribution in [1.29, 1.82) is 0 Å². The van der Waals surface area contributed by atoms with E-state index in [1.807, 2.05) is 0 Å². The van der Waals surface area contributed by atoms with E-state index in [0.29, 0.717) is 17.8 Å². The zero-order valence-corrected chi connectivity index (χ0v) is 11.2. The molecular formula is C13H18N4O3. The second kappa shape index (κ2) is 7.25. The Labute approximate surface area is 116 Å². The van der Waals surface area contributed by atoms with Gasteiger partial charge in [0.15, 0.2) is 0 Å². The van der Waals surface area contributed by atoms with Gasteiger partial charge in [-0.2, -0.15) is 0 Å². The molecule has 20 heavy (non-hydrogen) atoms. The summed E-state index contributed by atoms with van der Waals surface area (Å²) in [6, 6.07) is 5.58. The molecule has 7 heteroatoms. The first-order chi connectivity index (χ1) is 9.42. The highest BCUT2D eigenvalue weighted by Crippen LogP contribution is 2.14. The molecule has 1 rings (SSSR count). The number of nitrogens with two attached hydrogens (primary N) is 2. The number of carbonyl (C=O) groups excluding carboxylic acids is 3. The van der Waals surface area contributed by atoms with Crippen LogP contribution in [-0.4, -0.2) is 23.8 Å². The van der Waals surface area contributed by atoms with Crippen LogP contribution in [0.25, 0.3) is 0 Å². The number of rotatable bonds is 6. The van der Waals surface area contributed by atoms with Gasteiger partial charge in [-0.1, -0.05) is 6.92 Å². The molecule has 0 saturated heterocycles. The third-order valence-electron chi connectivity index (χ3n) is 2.52. The lowest BCUT2D eigenvalue weighted by molar-refractivity contribution is -0.123. The summed E-state index contributed by atoms with van der Waals surface area (Å²) < 4.78 is 0. The summed E-state index contributed by atoms with van der Waals surface area (Å²) in [5.41, 5.74) is 11.6. The Kier molecular flexibility index (Phi) is 5.67. The Morgan fingerprint density at radius 3 is 2.05 bits per heavy atom. The second-order valence-corrected chi connectivity index (χ2v) is 4.25. The van der Waals surface area contributed by atoms with Crippen molar-refractivity contribution in [3.05, 3.63) is 24.3 Å². The number of anilines is 2. The van der Waals surface area contributed by atoms with Crippen LogP contribution in [0, 0.1) is 0 Å². The number of amides is 3. The maximum atomic E-state index is 11.6. The van der Waals surface area contributed by atoms with Crippen LogP contribution < -0.4 is 22.1 Å². The molecule has 1 aromatic carbocycles. The van der Waals surface area contributed by atoms with Crippen molar-refractivity contribution < 1.29 is 14.4 Å². The van der Waals surface area contributed by atoms with Gasteiger partial charge in [0.1, 0.15) is 0 Å². The SMILES string of the molecule is CCC(=O)Nc1ccc(NC(=O)C(N)CC(N)=O)cc1. The summed E-state index contributed by atoms with van der Waals surface area (Å²) in [6.45, 7) is 1.75. The van der Waals surface area contributed by atoms with Crippen molar-refractivity contribution in [2.24, 2.45) is 11.5 Å². The minimum absolute atomic E-state index is 0.0923. The van der Waals surface area contributed by atoms with Gasteiger partial charge in [-0.05, 0) is 24.3 Å². The Hall–Kier alpha value is -2.41. The molecule has 1 unspecified atom stereocenters. The molecule has 1 atom stereocenters. The molecule has 0 bridgehead atoms. The van der Waals surface area contributed by atoms with E-state index < -0.39 is 17.9 Å². The number of hydrogen-bond acceptors (Lipinski definition) is 4. The number of carbonyl (C=O) groups is 3. The molecule has 0 radical (unpaired) electrons. The van der Waals surface area contributed by atoms with E-state index in [0.717, 1.165) is 0 Å². The molecule has 7 nitrogen and oxygen atoms in total. The molecule has 0 fully saturated rings. The maximum absolute atomic E-state index is 11.6. The average molecular weight is 278 g/mol. The third-order valence-corrected chi connectivity index (χ3v) is 2.52. The van der Waals surface area contributed by atoms with Crippen LogP contribution in [-0.2, 0) is 14.4 Å². The zero-order chi connectivity index (χ0) is 15.1. The van der Waals surface area contributed by atoms with E-state index in [1.54, 1.807) is 31.2 Å². The summed E-state index contributed by atoms with van der Waals surface area (Å²) in [4.78, 5) is 33.5. The van der Waals surface area contributed by atoms with Crippen molar-refractivity contribution in [3.63, 3.8) is 0 Å². The molecule has 0 aliphatic rings. The van der Waals surface area contributed by atoms with E-state index in [9.17, 15) is 14.4 Å². The van der Waals surface area contributed by atoms with Crippen LogP contribution in [0.1, 0.15) is 19.8 Å². The van der Waals surface area contributed by atoms with E-state index in [-0.39, 0.29) is 12.3 Å². The van der Waals surface area contributed by atoms with Crippen molar-refractivity contribution >= 4 is 29.1 Å². The van der Waals surface area contributed by atoms with Gasteiger partial charge in [0.2, 0.25) is 17.7 Å². The summed E-state index contributed by atoms with van der Waals surface area (Å²) in [6.07, 6.45) is 0.178. The predicted octanol–water partition coefficient (Wildman–Crippen LogP) is 0.176. The van der Waals surface area contributed by atoms with Crippen LogP contribution in [0.15, 0.2) is 24.3 Å². The fraction of sp³-hybridized carbons (Fsp3) is 0.308. The predicted molar refractivity (Wildman–Crippen MR) is 75.8 cm³/mol. The first-order valence-electron chi connectivity index (χ1n) is 6.17. The lowest BCUT2D eigenvalue weighted by atomic mass is 10.2. The fourth-order valence-corrected chi connectivity index (χ4v) is 1.43. The molecule has 6 N–H and O–H groups in total. The fourth-order valence-electron chi connectivity index (χ4n) is 1.43. The Balaban J connectivity index is 2.59. The van der Waals surface area contributed by atoms with Crippen molar-refractivity contribution in [3.8, 4) is 0 Å². The highest BCUT2D eigenvalue weighted by atomic mass is 16.2. The summed E-state index contributed by atoms with van der Waals surface area (Å²) in [7, 11) is 0. The van der Waals surface area contributed by atoms with Crippen LogP contribution in [0.5, 0.6) is 0 Å². The number of hydrogen-bond donors (Lipinski definition) is 4. The van der Waals surface area contributed by atoms with Gasteiger partial charge in [-0.15, -0.1) is 0 Å². The Morgan fingerprint density at radius 2 is 1.60 bits per heavy atom. The highest BCUT2D eigenvalue weighted by molar-refractivity contribution is 5.97. The van der Waals surface area contributed by atoms with Gasteiger partial charge in [0.25, 0.3) is 0 Å². The molecule has 0 aliphatic carbocycles. The largest absolute Gasteiger partial charge is 0.370 e. The van der Waals surface area contributed by atoms with Gasteiger partial charge >= 0.3 is 0 Å². The molecular weight excluding hydrogens is 260 g/mol. The van der Waals surface area contributed by atoms with Crippen molar-refractivity contribution in [2.75, 3.05) is 10.6 Å². The smallest absolute Gasteiger partial charge is 0.241 e. The number of benzene rings is 1. The standard InChI is InChI=1S/C13H18N4O3/c1-2-12(19)16-8-3-5-9(6-4-8)17-13(20)10(14)7-11(15)18/h3-6,10H,2,7,14H2,1H3,(H2,15,18)(H,16,19)(H,17,20). The summed E-state index contributed by atoms with van der Waals surface area (Å²) in [5.74, 6) is -1.22. The lowest BCUT2D eigenvalue weighted by Gasteiger charge is -2.11. The second-order valence-electron chi connectivity index (χ2n) is 4.25. The van der Waals surface area contributed by atoms with Gasteiger partial charge in [-0.3, -0.25) is 14.4 Å². The zero-order valence-electron chi connectivity index (χ0n) is 11.2. The monoisotopic (exact) mass is 278 g/mol. The quantitative estimate of drug-likeness (QED) is 0.591. The molecule has 3 amide bonds. The minimum Gasteiger partial charge on any atom is -0.370 e. The number of primary amides is 1. The van der Waals surface area contributed by atoms with Gasteiger partial charge in [-0.25, -0.2) is 0 Å². The summed E-state index contributed by atoms with van der Waals surface area (Å²) >= 11 is 0. The van der Waals surface area contributed by atoms with Gasteiger partial charge in [0.05, 0.1) is 12.5 Å². The first kappa shape index (κ1) is 15.6. The molecule has 0 aliphatic heterocycles. The minimum atomic E-state index is -0.980. The first-order valence-corrected chi connectivity index (χ1v) is 6.17. The summed E-state index contributed by atoms with van der Waals surface area (Å²) in [5, 5.41) is 5.24. The average Bonchev–Trinajstić information content (AvgIpc) is 2.40. The van der Waals surface area contributed by atoms with Crippen LogP contribution in [0.3, 0.4) is 0 Å². The topological polar surface area (TPSA) is 127 Å². The highest BCUT2D eigenvalue weighted by Gasteiger charge is 2.15. The van der Waals surface area contributed by atoms with Crippen LogP contribution in [0.4, 0.5) is 11.4 Å². The van der Waals surface area contributed by atoms with Crippen LogP contribution >= 0.6 is 0 Å². The molecule has 108 valence electrons. The van der Waals surface area contributed by atoms with E-state index in [4.69, 9.17) is 11.5 Å². The van der Waals surface area contributed by atoms with Crippen LogP contribution in [0.2, 0.25) is 0 Å². The van der Waals surface area contributed by atoms with Gasteiger partial charge in [0, 0.05) is 17.8 Å². The van der Waals surface area contributed by atoms with Crippen molar-refractivity contribution in [2.45, 2.75) is 25.8 Å². The normalized spacial score (nSPS) is 11.5. The van der Waals surface area contributed by atoms with Crippen molar-refractivity contribution in [1.82, 2.24) is 0 Å². The maximum Gasteiger partial charge on any atom is 0.241 e. The number of nitrogens with one attached hydrogen (secondary N) is 2. The van der Waals surface area contributed by atoms with Gasteiger partial charge < -0.3 is 22.1 Å². The van der Waals surface area contributed by atoms with E-state index >= 15 is 0 Å². The molecule has 0 saturated carbocycles. The lowest BCUT2D eigenvalue weighted by Crippen LogP contribution is -2.38. The Morgan fingerprint density at radius 1 is 1.10 bits per heavy atom. The third kappa shape index (κ3) is 5.07. The molecule has 0 spiro atoms. The van der Waals surface area contributed by atoms with E-state index in [2.05, 4.69) is 10.6 Å². The molecule has 0 aromatic heterocycles.